The molecule has 18 heavy (non-hydrogen) atoms. The Bertz CT molecular complexity index is 410. The highest BCUT2D eigenvalue weighted by Crippen LogP contribution is 2.17. The zero-order valence-corrected chi connectivity index (χ0v) is 10.6. The SMILES string of the molecule is CN(C)CCOc1ccc(CC(=O)NN)c(F)c1. The van der Waals surface area contributed by atoms with Gasteiger partial charge in [0.15, 0.2) is 0 Å². The highest BCUT2D eigenvalue weighted by molar-refractivity contribution is 5.77. The molecule has 0 bridgehead atoms. The molecule has 100 valence electrons. The van der Waals surface area contributed by atoms with Crippen molar-refractivity contribution in [3.63, 3.8) is 0 Å². The summed E-state index contributed by atoms with van der Waals surface area (Å²) in [4.78, 5) is 13.0. The number of hydrazine groups is 1. The molecule has 0 aliphatic carbocycles. The van der Waals surface area contributed by atoms with Crippen LogP contribution in [0, 0.1) is 5.82 Å². The van der Waals surface area contributed by atoms with Crippen LogP contribution < -0.4 is 16.0 Å². The predicted octanol–water partition coefficient (Wildman–Crippen LogP) is 0.298. The van der Waals surface area contributed by atoms with Crippen LogP contribution in [0.3, 0.4) is 0 Å². The molecule has 0 spiro atoms. The van der Waals surface area contributed by atoms with E-state index in [9.17, 15) is 9.18 Å². The second-order valence-corrected chi connectivity index (χ2v) is 4.15. The van der Waals surface area contributed by atoms with E-state index >= 15 is 0 Å². The summed E-state index contributed by atoms with van der Waals surface area (Å²) in [5.41, 5.74) is 2.25. The summed E-state index contributed by atoms with van der Waals surface area (Å²) in [5, 5.41) is 0. The number of nitrogens with zero attached hydrogens (tertiary/aromatic N) is 1. The number of benzene rings is 1. The van der Waals surface area contributed by atoms with Crippen molar-refractivity contribution in [3.05, 3.63) is 29.6 Å². The molecule has 0 aromatic heterocycles. The smallest absolute Gasteiger partial charge is 0.238 e. The lowest BCUT2D eigenvalue weighted by atomic mass is 10.1. The summed E-state index contributed by atoms with van der Waals surface area (Å²) in [7, 11) is 3.86. The molecular weight excluding hydrogens is 237 g/mol. The van der Waals surface area contributed by atoms with E-state index in [1.165, 1.54) is 12.1 Å². The summed E-state index contributed by atoms with van der Waals surface area (Å²) in [6, 6.07) is 4.43. The van der Waals surface area contributed by atoms with Crippen molar-refractivity contribution in [1.82, 2.24) is 10.3 Å². The number of rotatable bonds is 6. The largest absolute Gasteiger partial charge is 0.492 e. The van der Waals surface area contributed by atoms with Crippen molar-refractivity contribution in [2.75, 3.05) is 27.2 Å². The van der Waals surface area contributed by atoms with Gasteiger partial charge < -0.3 is 9.64 Å². The summed E-state index contributed by atoms with van der Waals surface area (Å²) in [5.74, 6) is 4.49. The van der Waals surface area contributed by atoms with Crippen LogP contribution in [0.5, 0.6) is 5.75 Å². The number of halogens is 1. The van der Waals surface area contributed by atoms with Gasteiger partial charge >= 0.3 is 0 Å². The third kappa shape index (κ3) is 4.68. The molecule has 0 unspecified atom stereocenters. The molecule has 1 amide bonds. The van der Waals surface area contributed by atoms with E-state index in [0.717, 1.165) is 6.54 Å². The minimum atomic E-state index is -0.471. The molecule has 1 aromatic carbocycles. The number of carbonyl (C=O) groups excluding carboxylic acids is 1. The molecule has 1 aromatic rings. The van der Waals surface area contributed by atoms with Crippen molar-refractivity contribution < 1.29 is 13.9 Å². The Hall–Kier alpha value is -1.66. The maximum Gasteiger partial charge on any atom is 0.238 e. The van der Waals surface area contributed by atoms with Gasteiger partial charge in [-0.05, 0) is 25.7 Å². The van der Waals surface area contributed by atoms with E-state index < -0.39 is 11.7 Å². The normalized spacial score (nSPS) is 10.5. The third-order valence-corrected chi connectivity index (χ3v) is 2.34. The number of nitrogens with one attached hydrogen (secondary N) is 1. The summed E-state index contributed by atoms with van der Waals surface area (Å²) in [6.07, 6.45) is -0.0830. The van der Waals surface area contributed by atoms with Crippen LogP contribution in [0.1, 0.15) is 5.56 Å². The van der Waals surface area contributed by atoms with Crippen molar-refractivity contribution in [2.45, 2.75) is 6.42 Å². The molecule has 0 radical (unpaired) electrons. The fourth-order valence-corrected chi connectivity index (χ4v) is 1.33. The van der Waals surface area contributed by atoms with Crippen LogP contribution >= 0.6 is 0 Å². The van der Waals surface area contributed by atoms with E-state index in [2.05, 4.69) is 0 Å². The average Bonchev–Trinajstić information content (AvgIpc) is 2.32. The molecule has 0 heterocycles. The Labute approximate surface area is 106 Å². The molecule has 0 aliphatic rings. The van der Waals surface area contributed by atoms with E-state index in [-0.39, 0.29) is 12.0 Å². The first-order chi connectivity index (χ1) is 8.52. The molecule has 0 fully saturated rings. The molecule has 0 saturated carbocycles. The standard InChI is InChI=1S/C12H18FN3O2/c1-16(2)5-6-18-10-4-3-9(11(13)8-10)7-12(17)15-14/h3-4,8H,5-7,14H2,1-2H3,(H,15,17). The molecular formula is C12H18FN3O2. The molecule has 0 atom stereocenters. The van der Waals surface area contributed by atoms with Crippen molar-refractivity contribution in [1.29, 1.82) is 0 Å². The number of nitrogens with two attached hydrogens (primary N) is 1. The lowest BCUT2D eigenvalue weighted by Gasteiger charge is -2.11. The summed E-state index contributed by atoms with van der Waals surface area (Å²) < 4.78 is 19.0. The van der Waals surface area contributed by atoms with Gasteiger partial charge in [0.2, 0.25) is 5.91 Å². The Balaban J connectivity index is 2.59. The topological polar surface area (TPSA) is 67.6 Å². The fraction of sp³-hybridized carbons (Fsp3) is 0.417. The maximum absolute atomic E-state index is 13.6. The van der Waals surface area contributed by atoms with Gasteiger partial charge in [-0.2, -0.15) is 0 Å². The van der Waals surface area contributed by atoms with Crippen LogP contribution in [-0.2, 0) is 11.2 Å². The Kier molecular flexibility index (Phi) is 5.54. The quantitative estimate of drug-likeness (QED) is 0.436. The zero-order valence-electron chi connectivity index (χ0n) is 10.6. The lowest BCUT2D eigenvalue weighted by Crippen LogP contribution is -2.31. The fourth-order valence-electron chi connectivity index (χ4n) is 1.33. The zero-order chi connectivity index (χ0) is 13.5. The first-order valence-corrected chi connectivity index (χ1v) is 5.58. The monoisotopic (exact) mass is 255 g/mol. The number of likely N-dealkylation sites (N-methyl/N-ethyl adjacent to an activating group) is 1. The van der Waals surface area contributed by atoms with Crippen LogP contribution in [0.25, 0.3) is 0 Å². The summed E-state index contributed by atoms with van der Waals surface area (Å²) >= 11 is 0. The van der Waals surface area contributed by atoms with Crippen LogP contribution in [-0.4, -0.2) is 38.1 Å². The first kappa shape index (κ1) is 14.4. The van der Waals surface area contributed by atoms with Gasteiger partial charge in [-0.3, -0.25) is 10.2 Å². The van der Waals surface area contributed by atoms with Crippen LogP contribution in [0.15, 0.2) is 18.2 Å². The molecule has 6 heteroatoms. The van der Waals surface area contributed by atoms with E-state index in [1.54, 1.807) is 6.07 Å². The highest BCUT2D eigenvalue weighted by atomic mass is 19.1. The molecule has 1 rings (SSSR count). The molecule has 3 N–H and O–H groups in total. The van der Waals surface area contributed by atoms with Gasteiger partial charge in [0.1, 0.15) is 18.2 Å². The van der Waals surface area contributed by atoms with Gasteiger partial charge in [-0.1, -0.05) is 6.07 Å². The summed E-state index contributed by atoms with van der Waals surface area (Å²) in [6.45, 7) is 1.23. The molecule has 0 saturated heterocycles. The number of hydrogen-bond acceptors (Lipinski definition) is 4. The highest BCUT2D eigenvalue weighted by Gasteiger charge is 2.08. The first-order valence-electron chi connectivity index (χ1n) is 5.58. The number of hydrogen-bond donors (Lipinski definition) is 2. The maximum atomic E-state index is 13.6. The van der Waals surface area contributed by atoms with Crippen molar-refractivity contribution >= 4 is 5.91 Å². The minimum absolute atomic E-state index is 0.0830. The number of carbonyl (C=O) groups is 1. The minimum Gasteiger partial charge on any atom is -0.492 e. The number of ether oxygens (including phenoxy) is 1. The van der Waals surface area contributed by atoms with E-state index in [4.69, 9.17) is 10.6 Å². The van der Waals surface area contributed by atoms with Crippen LogP contribution in [0.2, 0.25) is 0 Å². The Morgan fingerprint density at radius 2 is 2.22 bits per heavy atom. The number of amides is 1. The third-order valence-electron chi connectivity index (χ3n) is 2.34. The van der Waals surface area contributed by atoms with E-state index in [1.807, 2.05) is 24.4 Å². The Morgan fingerprint density at radius 1 is 1.50 bits per heavy atom. The second kappa shape index (κ2) is 6.93. The van der Waals surface area contributed by atoms with E-state index in [0.29, 0.717) is 12.4 Å². The average molecular weight is 255 g/mol. The molecule has 5 nitrogen and oxygen atoms in total. The van der Waals surface area contributed by atoms with Crippen molar-refractivity contribution in [3.8, 4) is 5.75 Å². The van der Waals surface area contributed by atoms with Crippen molar-refractivity contribution in [2.24, 2.45) is 5.84 Å². The molecule has 0 aliphatic heterocycles. The van der Waals surface area contributed by atoms with Crippen LogP contribution in [0.4, 0.5) is 4.39 Å². The second-order valence-electron chi connectivity index (χ2n) is 4.15. The Morgan fingerprint density at radius 3 is 2.78 bits per heavy atom. The predicted molar refractivity (Wildman–Crippen MR) is 66.5 cm³/mol. The van der Waals surface area contributed by atoms with Gasteiger partial charge in [0, 0.05) is 12.6 Å². The van der Waals surface area contributed by atoms with Gasteiger partial charge in [-0.25, -0.2) is 10.2 Å². The van der Waals surface area contributed by atoms with Gasteiger partial charge in [0.25, 0.3) is 0 Å². The van der Waals surface area contributed by atoms with Gasteiger partial charge in [0.05, 0.1) is 6.42 Å². The van der Waals surface area contributed by atoms with Gasteiger partial charge in [-0.15, -0.1) is 0 Å². The lowest BCUT2D eigenvalue weighted by molar-refractivity contribution is -0.120.